The van der Waals surface area contributed by atoms with Crippen molar-refractivity contribution in [2.75, 3.05) is 25.0 Å². The van der Waals surface area contributed by atoms with Gasteiger partial charge in [-0.2, -0.15) is 4.31 Å². The maximum Gasteiger partial charge on any atom is 0.341 e. The van der Waals surface area contributed by atoms with Gasteiger partial charge in [0.2, 0.25) is 10.0 Å². The standard InChI is InChI=1S/C25H34N2O5S2/c1-5-8-15-27(6-2)34(30,31)19-12-10-18(11-13-19)23(28)26-24-22(25(29)32-7-3)20-14-9-17(4)16-21(20)33-24/h10-13,17H,5-9,14-16H2,1-4H3,(H,26,28). The molecule has 1 aliphatic rings. The van der Waals surface area contributed by atoms with Crippen LogP contribution in [0.25, 0.3) is 0 Å². The molecule has 0 spiro atoms. The number of amides is 1. The number of unbranched alkanes of at least 4 members (excludes halogenated alkanes) is 1. The molecule has 0 saturated heterocycles. The summed E-state index contributed by atoms with van der Waals surface area (Å²) in [5.41, 5.74) is 1.76. The molecule has 0 bridgehead atoms. The van der Waals surface area contributed by atoms with Gasteiger partial charge in [0.15, 0.2) is 0 Å². The van der Waals surface area contributed by atoms with Crippen LogP contribution in [-0.4, -0.2) is 44.3 Å². The van der Waals surface area contributed by atoms with Crippen molar-refractivity contribution >= 4 is 38.2 Å². The average molecular weight is 507 g/mol. The lowest BCUT2D eigenvalue weighted by molar-refractivity contribution is 0.0526. The number of hydrogen-bond acceptors (Lipinski definition) is 6. The summed E-state index contributed by atoms with van der Waals surface area (Å²) in [6.07, 6.45) is 4.35. The number of carbonyl (C=O) groups is 2. The van der Waals surface area contributed by atoms with E-state index in [4.69, 9.17) is 4.74 Å². The first-order valence-electron chi connectivity index (χ1n) is 12.0. The summed E-state index contributed by atoms with van der Waals surface area (Å²) in [7, 11) is -3.61. The number of benzene rings is 1. The molecule has 1 aromatic carbocycles. The van der Waals surface area contributed by atoms with Crippen LogP contribution in [0.15, 0.2) is 29.2 Å². The number of nitrogens with zero attached hydrogens (tertiary/aromatic N) is 1. The highest BCUT2D eigenvalue weighted by Crippen LogP contribution is 2.40. The summed E-state index contributed by atoms with van der Waals surface area (Å²) in [6.45, 7) is 8.90. The Bertz CT molecular complexity index is 1120. The highest BCUT2D eigenvalue weighted by molar-refractivity contribution is 7.89. The third-order valence-electron chi connectivity index (χ3n) is 6.09. The van der Waals surface area contributed by atoms with Crippen LogP contribution in [0.1, 0.15) is 78.1 Å². The second-order valence-electron chi connectivity index (χ2n) is 8.61. The van der Waals surface area contributed by atoms with Gasteiger partial charge >= 0.3 is 5.97 Å². The van der Waals surface area contributed by atoms with Gasteiger partial charge in [-0.3, -0.25) is 4.79 Å². The van der Waals surface area contributed by atoms with E-state index in [1.165, 1.54) is 39.9 Å². The van der Waals surface area contributed by atoms with Gasteiger partial charge in [0.25, 0.3) is 5.91 Å². The van der Waals surface area contributed by atoms with Crippen LogP contribution in [0.3, 0.4) is 0 Å². The minimum atomic E-state index is -3.61. The van der Waals surface area contributed by atoms with Crippen LogP contribution in [0.5, 0.6) is 0 Å². The molecule has 1 aliphatic carbocycles. The van der Waals surface area contributed by atoms with Crippen LogP contribution in [0, 0.1) is 5.92 Å². The lowest BCUT2D eigenvalue weighted by atomic mass is 9.88. The summed E-state index contributed by atoms with van der Waals surface area (Å²) in [5, 5.41) is 3.37. The van der Waals surface area contributed by atoms with Crippen LogP contribution in [0.4, 0.5) is 5.00 Å². The molecule has 0 fully saturated rings. The van der Waals surface area contributed by atoms with Crippen molar-refractivity contribution in [3.05, 3.63) is 45.8 Å². The topological polar surface area (TPSA) is 92.8 Å². The first-order valence-corrected chi connectivity index (χ1v) is 14.2. The normalized spacial score (nSPS) is 15.7. The Kier molecular flexibility index (Phi) is 8.89. The Morgan fingerprint density at radius 3 is 2.50 bits per heavy atom. The molecular formula is C25H34N2O5S2. The number of rotatable bonds is 10. The molecule has 7 nitrogen and oxygen atoms in total. The maximum atomic E-state index is 13.0. The molecule has 1 amide bonds. The van der Waals surface area contributed by atoms with Gasteiger partial charge in [-0.05, 0) is 68.4 Å². The fraction of sp³-hybridized carbons (Fsp3) is 0.520. The zero-order valence-electron chi connectivity index (χ0n) is 20.3. The summed E-state index contributed by atoms with van der Waals surface area (Å²) in [5.74, 6) is -0.281. The SMILES string of the molecule is CCCCN(CC)S(=O)(=O)c1ccc(C(=O)Nc2sc3c(c2C(=O)OCC)CCC(C)C3)cc1. The fourth-order valence-electron chi connectivity index (χ4n) is 4.14. The number of nitrogens with one attached hydrogen (secondary N) is 1. The Morgan fingerprint density at radius 1 is 1.18 bits per heavy atom. The van der Waals surface area contributed by atoms with E-state index in [0.717, 1.165) is 42.5 Å². The smallest absolute Gasteiger partial charge is 0.341 e. The highest BCUT2D eigenvalue weighted by Gasteiger charge is 2.29. The summed E-state index contributed by atoms with van der Waals surface area (Å²) >= 11 is 1.43. The van der Waals surface area contributed by atoms with Crippen molar-refractivity contribution in [1.29, 1.82) is 0 Å². The maximum absolute atomic E-state index is 13.0. The molecule has 0 saturated carbocycles. The van der Waals surface area contributed by atoms with Gasteiger partial charge in [-0.1, -0.05) is 27.2 Å². The molecule has 34 heavy (non-hydrogen) atoms. The monoisotopic (exact) mass is 506 g/mol. The summed E-state index contributed by atoms with van der Waals surface area (Å²) in [6, 6.07) is 5.95. The largest absolute Gasteiger partial charge is 0.462 e. The molecule has 1 aromatic heterocycles. The van der Waals surface area contributed by atoms with Crippen molar-refractivity contribution in [1.82, 2.24) is 4.31 Å². The zero-order chi connectivity index (χ0) is 24.9. The third-order valence-corrected chi connectivity index (χ3v) is 9.24. The molecule has 0 aliphatic heterocycles. The second kappa shape index (κ2) is 11.5. The number of thiophene rings is 1. The molecule has 1 unspecified atom stereocenters. The first-order chi connectivity index (χ1) is 16.2. The highest BCUT2D eigenvalue weighted by atomic mass is 32.2. The van der Waals surface area contributed by atoms with Crippen LogP contribution in [-0.2, 0) is 27.6 Å². The van der Waals surface area contributed by atoms with E-state index in [-0.39, 0.29) is 17.4 Å². The van der Waals surface area contributed by atoms with Crippen molar-refractivity contribution < 1.29 is 22.7 Å². The Labute approximate surface area is 206 Å². The number of anilines is 1. The number of esters is 1. The van der Waals surface area contributed by atoms with Gasteiger partial charge in [0, 0.05) is 23.5 Å². The van der Waals surface area contributed by atoms with Crippen LogP contribution < -0.4 is 5.32 Å². The molecule has 1 heterocycles. The molecule has 1 N–H and O–H groups in total. The third kappa shape index (κ3) is 5.70. The molecular weight excluding hydrogens is 472 g/mol. The minimum Gasteiger partial charge on any atom is -0.462 e. The van der Waals surface area contributed by atoms with Crippen molar-refractivity contribution in [2.45, 2.75) is 64.7 Å². The van der Waals surface area contributed by atoms with E-state index in [1.807, 2.05) is 13.8 Å². The Morgan fingerprint density at radius 2 is 1.88 bits per heavy atom. The predicted molar refractivity (Wildman–Crippen MR) is 135 cm³/mol. The second-order valence-corrected chi connectivity index (χ2v) is 11.6. The van der Waals surface area contributed by atoms with Gasteiger partial charge in [0.05, 0.1) is 17.1 Å². The van der Waals surface area contributed by atoms with E-state index in [0.29, 0.717) is 35.1 Å². The Balaban J connectivity index is 1.83. The van der Waals surface area contributed by atoms with E-state index in [9.17, 15) is 18.0 Å². The predicted octanol–water partition coefficient (Wildman–Crippen LogP) is 5.11. The summed E-state index contributed by atoms with van der Waals surface area (Å²) < 4.78 is 32.6. The van der Waals surface area contributed by atoms with E-state index >= 15 is 0 Å². The molecule has 0 radical (unpaired) electrons. The zero-order valence-corrected chi connectivity index (χ0v) is 22.0. The van der Waals surface area contributed by atoms with Gasteiger partial charge in [0.1, 0.15) is 5.00 Å². The van der Waals surface area contributed by atoms with E-state index in [2.05, 4.69) is 12.2 Å². The average Bonchev–Trinajstić information content (AvgIpc) is 3.16. The quantitative estimate of drug-likeness (QED) is 0.452. The lowest BCUT2D eigenvalue weighted by Gasteiger charge is -2.20. The molecule has 9 heteroatoms. The number of fused-ring (bicyclic) bond motifs is 1. The molecule has 186 valence electrons. The van der Waals surface area contributed by atoms with Crippen molar-refractivity contribution in [3.8, 4) is 0 Å². The molecule has 3 rings (SSSR count). The van der Waals surface area contributed by atoms with E-state index < -0.39 is 16.0 Å². The van der Waals surface area contributed by atoms with Gasteiger partial charge < -0.3 is 10.1 Å². The summed E-state index contributed by atoms with van der Waals surface area (Å²) in [4.78, 5) is 27.0. The van der Waals surface area contributed by atoms with E-state index in [1.54, 1.807) is 6.92 Å². The molecule has 1 atom stereocenters. The first kappa shape index (κ1) is 26.4. The number of sulfonamides is 1. The van der Waals surface area contributed by atoms with Crippen molar-refractivity contribution in [3.63, 3.8) is 0 Å². The molecule has 2 aromatic rings. The number of hydrogen-bond donors (Lipinski definition) is 1. The minimum absolute atomic E-state index is 0.162. The van der Waals surface area contributed by atoms with Gasteiger partial charge in [-0.15, -0.1) is 11.3 Å². The van der Waals surface area contributed by atoms with Crippen molar-refractivity contribution in [2.24, 2.45) is 5.92 Å². The lowest BCUT2D eigenvalue weighted by Crippen LogP contribution is -2.31. The van der Waals surface area contributed by atoms with Crippen LogP contribution in [0.2, 0.25) is 0 Å². The fourth-order valence-corrected chi connectivity index (χ4v) is 7.02. The Hall–Kier alpha value is -2.23. The van der Waals surface area contributed by atoms with Crippen LogP contribution >= 0.6 is 11.3 Å². The van der Waals surface area contributed by atoms with Gasteiger partial charge in [-0.25, -0.2) is 13.2 Å². The number of carbonyl (C=O) groups excluding carboxylic acids is 2. The number of ether oxygens (including phenoxy) is 1.